The van der Waals surface area contributed by atoms with Crippen molar-refractivity contribution in [2.24, 2.45) is 29.4 Å². The topological polar surface area (TPSA) is 190 Å². The van der Waals surface area contributed by atoms with E-state index in [1.807, 2.05) is 55.4 Å². The molecule has 0 aromatic carbocycles. The minimum Gasteiger partial charge on any atom is -0.390 e. The summed E-state index contributed by atoms with van der Waals surface area (Å²) in [6.45, 7) is 20.1. The molecule has 2 saturated heterocycles. The van der Waals surface area contributed by atoms with Gasteiger partial charge >= 0.3 is 0 Å². The standard InChI is InChI=1S/2C21H41NO5/c1-14(2)17-18(24)19(25)21(26-15(3)4)27-20(17)16(23)12-10-8-6-5-7-9-11-13-22;1-6-7-12-22-13-10-8-9-11-16(23)20-17(14(2)3)18(24)19(25)21(27-20)26-15(4)5/h14-15,17-21,24-25H,5-13,22H2,1-4H3;14-15,17-22,24-25H,6-13H2,1-5H3. The molecule has 2 rings (SSSR count). The molecule has 7 N–H and O–H groups in total. The summed E-state index contributed by atoms with van der Waals surface area (Å²) < 4.78 is 22.8. The van der Waals surface area contributed by atoms with E-state index in [4.69, 9.17) is 24.7 Å². The summed E-state index contributed by atoms with van der Waals surface area (Å²) in [6.07, 6.45) is 5.67. The van der Waals surface area contributed by atoms with Gasteiger partial charge in [0.15, 0.2) is 24.1 Å². The Bertz CT molecular complexity index is 903. The van der Waals surface area contributed by atoms with Crippen LogP contribution in [0.3, 0.4) is 0 Å². The molecule has 0 bridgehead atoms. The summed E-state index contributed by atoms with van der Waals surface area (Å²) in [5, 5.41) is 45.2. The number of carbonyl (C=O) groups excluding carboxylic acids is 2. The van der Waals surface area contributed by atoms with Crippen molar-refractivity contribution in [2.45, 2.75) is 214 Å². The smallest absolute Gasteiger partial charge is 0.187 e. The molecule has 0 saturated carbocycles. The fourth-order valence-electron chi connectivity index (χ4n) is 7.36. The van der Waals surface area contributed by atoms with Crippen LogP contribution in [0.25, 0.3) is 0 Å². The highest BCUT2D eigenvalue weighted by Crippen LogP contribution is 2.35. The zero-order valence-electron chi connectivity index (χ0n) is 35.4. The third kappa shape index (κ3) is 18.5. The fourth-order valence-corrected chi connectivity index (χ4v) is 7.36. The van der Waals surface area contributed by atoms with Gasteiger partial charge in [-0.3, -0.25) is 9.59 Å². The first-order valence-electron chi connectivity index (χ1n) is 21.4. The maximum absolute atomic E-state index is 12.8. The van der Waals surface area contributed by atoms with Gasteiger partial charge in [-0.05, 0) is 91.3 Å². The first-order valence-corrected chi connectivity index (χ1v) is 21.4. The number of aliphatic hydroxyl groups is 4. The number of rotatable bonds is 26. The van der Waals surface area contributed by atoms with Crippen LogP contribution >= 0.6 is 0 Å². The van der Waals surface area contributed by atoms with Gasteiger partial charge in [0.1, 0.15) is 24.4 Å². The van der Waals surface area contributed by atoms with Crippen molar-refractivity contribution in [1.82, 2.24) is 5.32 Å². The number of unbranched alkanes of at least 4 members (excludes halogenated alkanes) is 9. The second kappa shape index (κ2) is 28.4. The molecule has 54 heavy (non-hydrogen) atoms. The number of carbonyl (C=O) groups is 2. The van der Waals surface area contributed by atoms with Crippen LogP contribution in [0.2, 0.25) is 0 Å². The van der Waals surface area contributed by atoms with Gasteiger partial charge < -0.3 is 50.4 Å². The average molecular weight is 775 g/mol. The number of ketones is 2. The normalized spacial score (nSPS) is 28.9. The van der Waals surface area contributed by atoms with E-state index >= 15 is 0 Å². The molecule has 10 atom stereocenters. The molecular weight excluding hydrogens is 692 g/mol. The largest absolute Gasteiger partial charge is 0.390 e. The summed E-state index contributed by atoms with van der Waals surface area (Å²) in [6, 6.07) is 0. The average Bonchev–Trinajstić information content (AvgIpc) is 3.10. The number of nitrogens with one attached hydrogen (secondary N) is 1. The monoisotopic (exact) mass is 775 g/mol. The predicted molar refractivity (Wildman–Crippen MR) is 213 cm³/mol. The third-order valence-corrected chi connectivity index (χ3v) is 10.4. The first-order chi connectivity index (χ1) is 25.6. The highest BCUT2D eigenvalue weighted by Gasteiger charge is 2.50. The van der Waals surface area contributed by atoms with Gasteiger partial charge in [-0.15, -0.1) is 0 Å². The Morgan fingerprint density at radius 1 is 0.574 bits per heavy atom. The Morgan fingerprint density at radius 3 is 1.31 bits per heavy atom. The van der Waals surface area contributed by atoms with Gasteiger partial charge in [0.05, 0.1) is 24.4 Å². The molecule has 2 aliphatic rings. The van der Waals surface area contributed by atoms with Gasteiger partial charge in [-0.1, -0.05) is 79.6 Å². The number of hydrogen-bond acceptors (Lipinski definition) is 12. The predicted octanol–water partition coefficient (Wildman–Crippen LogP) is 5.43. The molecule has 12 heteroatoms. The maximum atomic E-state index is 12.8. The lowest BCUT2D eigenvalue weighted by Crippen LogP contribution is -2.59. The minimum absolute atomic E-state index is 0.000128. The van der Waals surface area contributed by atoms with Gasteiger partial charge in [0, 0.05) is 24.7 Å². The van der Waals surface area contributed by atoms with Crippen LogP contribution in [0.5, 0.6) is 0 Å². The Balaban J connectivity index is 0.000000540. The molecule has 2 aliphatic heterocycles. The van der Waals surface area contributed by atoms with Crippen molar-refractivity contribution in [3.8, 4) is 0 Å². The molecule has 0 amide bonds. The van der Waals surface area contributed by atoms with Crippen LogP contribution in [0.1, 0.15) is 152 Å². The zero-order valence-corrected chi connectivity index (χ0v) is 35.4. The van der Waals surface area contributed by atoms with Crippen LogP contribution in [0.15, 0.2) is 0 Å². The summed E-state index contributed by atoms with van der Waals surface area (Å²) in [5.41, 5.74) is 5.49. The quantitative estimate of drug-likeness (QED) is 0.0613. The first kappa shape index (κ1) is 51.0. The van der Waals surface area contributed by atoms with Crippen LogP contribution < -0.4 is 11.1 Å². The Labute approximate surface area is 328 Å². The van der Waals surface area contributed by atoms with Crippen molar-refractivity contribution < 1.29 is 49.0 Å². The van der Waals surface area contributed by atoms with Gasteiger partial charge in [0.2, 0.25) is 0 Å². The molecule has 0 aromatic heterocycles. The minimum atomic E-state index is -1.14. The van der Waals surface area contributed by atoms with Crippen LogP contribution in [-0.4, -0.2) is 113 Å². The molecule has 2 fully saturated rings. The van der Waals surface area contributed by atoms with E-state index in [1.54, 1.807) is 0 Å². The number of ether oxygens (including phenoxy) is 4. The van der Waals surface area contributed by atoms with Crippen LogP contribution in [-0.2, 0) is 28.5 Å². The molecule has 0 radical (unpaired) electrons. The van der Waals surface area contributed by atoms with Crippen molar-refractivity contribution >= 4 is 11.6 Å². The Morgan fingerprint density at radius 2 is 0.944 bits per heavy atom. The summed E-state index contributed by atoms with van der Waals surface area (Å²) in [7, 11) is 0. The summed E-state index contributed by atoms with van der Waals surface area (Å²) in [4.78, 5) is 25.6. The van der Waals surface area contributed by atoms with E-state index < -0.39 is 61.0 Å². The molecule has 0 spiro atoms. The molecule has 320 valence electrons. The molecule has 10 unspecified atom stereocenters. The van der Waals surface area contributed by atoms with Crippen molar-refractivity contribution in [2.75, 3.05) is 19.6 Å². The van der Waals surface area contributed by atoms with E-state index in [0.717, 1.165) is 64.6 Å². The highest BCUT2D eigenvalue weighted by atomic mass is 16.7. The Kier molecular flexibility index (Phi) is 26.8. The van der Waals surface area contributed by atoms with E-state index in [2.05, 4.69) is 12.2 Å². The van der Waals surface area contributed by atoms with Crippen molar-refractivity contribution in [1.29, 1.82) is 0 Å². The molecule has 2 heterocycles. The van der Waals surface area contributed by atoms with Gasteiger partial charge in [0.25, 0.3) is 0 Å². The lowest BCUT2D eigenvalue weighted by atomic mass is 9.78. The van der Waals surface area contributed by atoms with E-state index in [1.165, 1.54) is 32.1 Å². The van der Waals surface area contributed by atoms with E-state index in [0.29, 0.717) is 12.8 Å². The molecule has 0 aliphatic carbocycles. The number of aliphatic hydroxyl groups excluding tert-OH is 4. The van der Waals surface area contributed by atoms with Crippen molar-refractivity contribution in [3.05, 3.63) is 0 Å². The Hall–Kier alpha value is -1.06. The molecule has 0 aromatic rings. The van der Waals surface area contributed by atoms with E-state index in [9.17, 15) is 30.0 Å². The third-order valence-electron chi connectivity index (χ3n) is 10.4. The van der Waals surface area contributed by atoms with Gasteiger partial charge in [-0.25, -0.2) is 0 Å². The maximum Gasteiger partial charge on any atom is 0.187 e. The van der Waals surface area contributed by atoms with Crippen molar-refractivity contribution in [3.63, 3.8) is 0 Å². The fraction of sp³-hybridized carbons (Fsp3) is 0.952. The zero-order chi connectivity index (χ0) is 40.8. The van der Waals surface area contributed by atoms with E-state index in [-0.39, 0.29) is 35.6 Å². The number of Topliss-reactive ketones (excluding diaryl/α,β-unsaturated/α-hetero) is 2. The lowest BCUT2D eigenvalue weighted by molar-refractivity contribution is -0.293. The van der Waals surface area contributed by atoms with Crippen LogP contribution in [0, 0.1) is 23.7 Å². The lowest BCUT2D eigenvalue weighted by Gasteiger charge is -2.44. The van der Waals surface area contributed by atoms with Crippen LogP contribution in [0.4, 0.5) is 0 Å². The number of hydrogen-bond donors (Lipinski definition) is 6. The number of nitrogens with two attached hydrogens (primary N) is 1. The second-order valence-electron chi connectivity index (χ2n) is 16.7. The molecule has 12 nitrogen and oxygen atoms in total. The highest BCUT2D eigenvalue weighted by molar-refractivity contribution is 5.84. The molecular formula is C42H82N2O10. The summed E-state index contributed by atoms with van der Waals surface area (Å²) >= 11 is 0. The second-order valence-corrected chi connectivity index (χ2v) is 16.7. The van der Waals surface area contributed by atoms with Gasteiger partial charge in [-0.2, -0.15) is 0 Å². The summed E-state index contributed by atoms with van der Waals surface area (Å²) in [5.74, 6) is -0.806. The SMILES string of the molecule is CC(C)OC1OC(C(=O)CCCCCCCCCN)C(C(C)C)C(O)C1O.CCCCNCCCCCC(=O)C1OC(OC(C)C)C(O)C(O)C1C(C)C.